The van der Waals surface area contributed by atoms with Crippen molar-refractivity contribution >= 4 is 24.0 Å². The maximum absolute atomic E-state index is 8.82. The average molecular weight is 222 g/mol. The first-order chi connectivity index (χ1) is 4.95. The molecule has 0 amide bonds. The summed E-state index contributed by atoms with van der Waals surface area (Å²) in [5.41, 5.74) is 0. The number of alkyl halides is 1. The van der Waals surface area contributed by atoms with Gasteiger partial charge in [-0.3, -0.25) is 0 Å². The van der Waals surface area contributed by atoms with Gasteiger partial charge in [0.2, 0.25) is 0 Å². The topological polar surface area (TPSA) is 93.0 Å². The van der Waals surface area contributed by atoms with E-state index in [2.05, 4.69) is 5.32 Å². The molecular weight excluding hydrogens is 209 g/mol. The minimum atomic E-state index is -2.73. The molecule has 5 N–H and O–H groups in total. The highest BCUT2D eigenvalue weighted by Gasteiger charge is 2.17. The van der Waals surface area contributed by atoms with E-state index in [0.29, 0.717) is 0 Å². The normalized spacial score (nSPS) is 13.8. The zero-order chi connectivity index (χ0) is 8.91. The summed E-state index contributed by atoms with van der Waals surface area (Å²) in [7, 11) is 0. The average Bonchev–Trinajstić information content (AvgIpc) is 1.85. The highest BCUT2D eigenvalue weighted by Crippen LogP contribution is 1.89. The van der Waals surface area contributed by atoms with Crippen molar-refractivity contribution in [2.24, 2.45) is 0 Å². The molecule has 0 aliphatic carbocycles. The van der Waals surface area contributed by atoms with Crippen molar-refractivity contribution in [3.05, 3.63) is 0 Å². The Balaban J connectivity index is 0. The Labute approximate surface area is 81.4 Å². The number of rotatable bonds is 5. The number of halogens is 2. The number of hydrogen-bond acceptors (Lipinski definition) is 5. The summed E-state index contributed by atoms with van der Waals surface area (Å²) < 4.78 is 0. The minimum absolute atomic E-state index is 0. The van der Waals surface area contributed by atoms with Crippen LogP contribution in [0.3, 0.4) is 0 Å². The van der Waals surface area contributed by atoms with Crippen LogP contribution in [-0.4, -0.2) is 51.5 Å². The molecule has 76 valence electrons. The molecule has 0 heterocycles. The summed E-state index contributed by atoms with van der Waals surface area (Å²) in [5, 5.41) is 36.2. The van der Waals surface area contributed by atoms with Gasteiger partial charge in [-0.15, -0.1) is 24.0 Å². The lowest BCUT2D eigenvalue weighted by Crippen LogP contribution is -2.42. The molecule has 0 rings (SSSR count). The second kappa shape index (κ2) is 6.85. The van der Waals surface area contributed by atoms with Gasteiger partial charge >= 0.3 is 0 Å². The molecular formula is C5H13Cl2NO4. The molecule has 0 aromatic heterocycles. The monoisotopic (exact) mass is 221 g/mol. The lowest BCUT2D eigenvalue weighted by Gasteiger charge is -2.15. The molecule has 12 heavy (non-hydrogen) atoms. The van der Waals surface area contributed by atoms with E-state index in [4.69, 9.17) is 32.0 Å². The summed E-state index contributed by atoms with van der Waals surface area (Å²) in [6.07, 6.45) is -0.751. The molecule has 1 atom stereocenters. The van der Waals surface area contributed by atoms with Gasteiger partial charge < -0.3 is 25.7 Å². The lowest BCUT2D eigenvalue weighted by molar-refractivity contribution is -0.306. The Morgan fingerprint density at radius 1 is 1.33 bits per heavy atom. The molecule has 0 bridgehead atoms. The van der Waals surface area contributed by atoms with Gasteiger partial charge in [-0.2, -0.15) is 0 Å². The smallest absolute Gasteiger partial charge is 0.288 e. The lowest BCUT2D eigenvalue weighted by atomic mass is 10.4. The molecule has 0 aromatic carbocycles. The van der Waals surface area contributed by atoms with Gasteiger partial charge in [-0.25, -0.2) is 0 Å². The van der Waals surface area contributed by atoms with Crippen LogP contribution in [0.5, 0.6) is 0 Å². The second-order valence-electron chi connectivity index (χ2n) is 2.21. The van der Waals surface area contributed by atoms with E-state index >= 15 is 0 Å². The first-order valence-electron chi connectivity index (χ1n) is 3.07. The first-order valence-corrected chi connectivity index (χ1v) is 3.61. The SMILES string of the molecule is Cl.OC(CCl)CNCC(O)(O)O. The van der Waals surface area contributed by atoms with Crippen LogP contribution >= 0.6 is 24.0 Å². The Morgan fingerprint density at radius 2 is 1.83 bits per heavy atom. The third-order valence-corrected chi connectivity index (χ3v) is 1.28. The van der Waals surface area contributed by atoms with Gasteiger partial charge in [0.05, 0.1) is 12.6 Å². The van der Waals surface area contributed by atoms with Crippen molar-refractivity contribution in [3.8, 4) is 0 Å². The minimum Gasteiger partial charge on any atom is -0.391 e. The van der Waals surface area contributed by atoms with Crippen molar-refractivity contribution < 1.29 is 20.4 Å². The molecule has 0 aliphatic heterocycles. The van der Waals surface area contributed by atoms with Crippen LogP contribution in [0.15, 0.2) is 0 Å². The van der Waals surface area contributed by atoms with Crippen LogP contribution in [0.4, 0.5) is 0 Å². The molecule has 5 nitrogen and oxygen atoms in total. The molecule has 0 aliphatic rings. The summed E-state index contributed by atoms with van der Waals surface area (Å²) in [6, 6.07) is 0. The van der Waals surface area contributed by atoms with Crippen LogP contribution in [0.25, 0.3) is 0 Å². The molecule has 1 unspecified atom stereocenters. The van der Waals surface area contributed by atoms with Crippen molar-refractivity contribution in [2.45, 2.75) is 12.1 Å². The summed E-state index contributed by atoms with van der Waals surface area (Å²) in [4.78, 5) is 0. The van der Waals surface area contributed by atoms with Gasteiger partial charge in [-0.1, -0.05) is 0 Å². The van der Waals surface area contributed by atoms with Crippen molar-refractivity contribution in [1.82, 2.24) is 5.32 Å². The van der Waals surface area contributed by atoms with E-state index in [1.165, 1.54) is 0 Å². The molecule has 0 radical (unpaired) electrons. The molecule has 0 saturated heterocycles. The van der Waals surface area contributed by atoms with Crippen molar-refractivity contribution in [3.63, 3.8) is 0 Å². The predicted molar refractivity (Wildman–Crippen MR) is 46.2 cm³/mol. The summed E-state index contributed by atoms with van der Waals surface area (Å²) in [5.74, 6) is -2.67. The van der Waals surface area contributed by atoms with E-state index < -0.39 is 18.6 Å². The zero-order valence-electron chi connectivity index (χ0n) is 6.27. The van der Waals surface area contributed by atoms with Crippen LogP contribution in [-0.2, 0) is 0 Å². The maximum atomic E-state index is 8.82. The van der Waals surface area contributed by atoms with Crippen molar-refractivity contribution in [2.75, 3.05) is 19.0 Å². The molecule has 0 spiro atoms. The third-order valence-electron chi connectivity index (χ3n) is 0.920. The van der Waals surface area contributed by atoms with Crippen LogP contribution < -0.4 is 5.32 Å². The van der Waals surface area contributed by atoms with Gasteiger partial charge in [0.25, 0.3) is 5.97 Å². The summed E-state index contributed by atoms with van der Waals surface area (Å²) in [6.45, 7) is -0.326. The Kier molecular flexibility index (Phi) is 8.49. The maximum Gasteiger partial charge on any atom is 0.288 e. The highest BCUT2D eigenvalue weighted by atomic mass is 35.5. The number of nitrogens with one attached hydrogen (secondary N) is 1. The van der Waals surface area contributed by atoms with E-state index in [1.807, 2.05) is 0 Å². The van der Waals surface area contributed by atoms with Crippen molar-refractivity contribution in [1.29, 1.82) is 0 Å². The zero-order valence-corrected chi connectivity index (χ0v) is 7.85. The summed E-state index contributed by atoms with van der Waals surface area (Å²) >= 11 is 5.22. The van der Waals surface area contributed by atoms with E-state index in [-0.39, 0.29) is 24.8 Å². The fourth-order valence-corrected chi connectivity index (χ4v) is 0.570. The standard InChI is InChI=1S/C5H12ClNO4.ClH/c6-1-4(8)2-7-3-5(9,10)11;/h4,7-11H,1-3H2;1H. The van der Waals surface area contributed by atoms with Crippen LogP contribution in [0.2, 0.25) is 0 Å². The number of hydrogen-bond donors (Lipinski definition) is 5. The fourth-order valence-electron chi connectivity index (χ4n) is 0.461. The molecule has 0 aromatic rings. The molecule has 0 fully saturated rings. The number of aliphatic hydroxyl groups is 4. The van der Waals surface area contributed by atoms with Gasteiger partial charge in [0.15, 0.2) is 0 Å². The second-order valence-corrected chi connectivity index (χ2v) is 2.52. The molecule has 7 heteroatoms. The Bertz CT molecular complexity index is 108. The Hall–Kier alpha value is 0.380. The van der Waals surface area contributed by atoms with E-state index in [9.17, 15) is 0 Å². The van der Waals surface area contributed by atoms with E-state index in [0.717, 1.165) is 0 Å². The third kappa shape index (κ3) is 10.4. The number of aliphatic hydroxyl groups excluding tert-OH is 1. The van der Waals surface area contributed by atoms with Gasteiger partial charge in [0.1, 0.15) is 0 Å². The molecule has 0 saturated carbocycles. The van der Waals surface area contributed by atoms with Gasteiger partial charge in [0, 0.05) is 12.4 Å². The largest absolute Gasteiger partial charge is 0.391 e. The fraction of sp³-hybridized carbons (Fsp3) is 1.00. The van der Waals surface area contributed by atoms with Crippen LogP contribution in [0.1, 0.15) is 0 Å². The van der Waals surface area contributed by atoms with E-state index in [1.54, 1.807) is 0 Å². The highest BCUT2D eigenvalue weighted by molar-refractivity contribution is 6.18. The Morgan fingerprint density at radius 3 is 2.17 bits per heavy atom. The van der Waals surface area contributed by atoms with Gasteiger partial charge in [-0.05, 0) is 0 Å². The first kappa shape index (κ1) is 14.9. The predicted octanol–water partition coefficient (Wildman–Crippen LogP) is -1.77. The quantitative estimate of drug-likeness (QED) is 0.280. The van der Waals surface area contributed by atoms with Crippen LogP contribution in [0, 0.1) is 0 Å².